The van der Waals surface area contributed by atoms with Crippen molar-refractivity contribution in [1.29, 1.82) is 0 Å². The average Bonchev–Trinajstić information content (AvgIpc) is 2.82. The van der Waals surface area contributed by atoms with E-state index in [0.29, 0.717) is 28.2 Å². The number of nitrogens with one attached hydrogen (secondary N) is 1. The number of benzene rings is 2. The van der Waals surface area contributed by atoms with Gasteiger partial charge in [-0.15, -0.1) is 0 Å². The zero-order chi connectivity index (χ0) is 27.0. The second-order valence-corrected chi connectivity index (χ2v) is 11.5. The number of halogens is 3. The van der Waals surface area contributed by atoms with Gasteiger partial charge in [0.1, 0.15) is 0 Å². The summed E-state index contributed by atoms with van der Waals surface area (Å²) in [4.78, 5) is 9.15. The quantitative estimate of drug-likeness (QED) is 0.308. The molecule has 0 spiro atoms. The third-order valence-electron chi connectivity index (χ3n) is 5.44. The smallest absolute Gasteiger partial charge is 0.256 e. The van der Waals surface area contributed by atoms with Crippen LogP contribution in [0.25, 0.3) is 33.6 Å². The predicted octanol–water partition coefficient (Wildman–Crippen LogP) is 6.88. The molecule has 0 atom stereocenters. The normalized spacial score (nSPS) is 12.5. The molecule has 0 unspecified atom stereocenters. The molecule has 0 fully saturated rings. The van der Waals surface area contributed by atoms with Crippen LogP contribution in [0.3, 0.4) is 0 Å². The van der Waals surface area contributed by atoms with E-state index in [9.17, 15) is 21.6 Å². The molecule has 4 rings (SSSR count). The summed E-state index contributed by atoms with van der Waals surface area (Å²) in [6, 6.07) is 18.7. The zero-order valence-corrected chi connectivity index (χ0v) is 21.6. The molecule has 192 valence electrons. The third kappa shape index (κ3) is 6.42. The molecular formula is C28H26F3N3O2S. The highest BCUT2D eigenvalue weighted by Gasteiger charge is 2.30. The van der Waals surface area contributed by atoms with E-state index >= 15 is 0 Å². The molecule has 4 aromatic rings. The fourth-order valence-electron chi connectivity index (χ4n) is 3.87. The van der Waals surface area contributed by atoms with Crippen LogP contribution < -0.4 is 4.72 Å². The Bertz CT molecular complexity index is 1540. The zero-order valence-electron chi connectivity index (χ0n) is 20.8. The molecule has 0 aliphatic rings. The van der Waals surface area contributed by atoms with Gasteiger partial charge >= 0.3 is 6.18 Å². The molecule has 2 heterocycles. The first-order valence-electron chi connectivity index (χ1n) is 11.5. The standard InChI is InChI=1S/C28H26F3N3O2S/c1-18-14-22(19-8-10-23(11-9-19)28(29,30)31)17-26(33-18)21-12-13-32-25(16-21)20-6-5-7-24(15-20)37(35,36)34-27(2,3)4/h5-17,34H,1-4H3. The van der Waals surface area contributed by atoms with E-state index in [0.717, 1.165) is 23.3 Å². The lowest BCUT2D eigenvalue weighted by atomic mass is 10.0. The first-order valence-corrected chi connectivity index (χ1v) is 13.0. The van der Waals surface area contributed by atoms with Crippen molar-refractivity contribution in [2.45, 2.75) is 44.3 Å². The van der Waals surface area contributed by atoms with Gasteiger partial charge in [0.15, 0.2) is 0 Å². The summed E-state index contributed by atoms with van der Waals surface area (Å²) >= 11 is 0. The number of hydrogen-bond acceptors (Lipinski definition) is 4. The maximum absolute atomic E-state index is 13.0. The fraction of sp³-hybridized carbons (Fsp3) is 0.214. The number of hydrogen-bond donors (Lipinski definition) is 1. The van der Waals surface area contributed by atoms with Crippen LogP contribution >= 0.6 is 0 Å². The number of pyridine rings is 2. The topological polar surface area (TPSA) is 72.0 Å². The summed E-state index contributed by atoms with van der Waals surface area (Å²) in [5.74, 6) is 0. The summed E-state index contributed by atoms with van der Waals surface area (Å²) < 4.78 is 67.1. The van der Waals surface area contributed by atoms with Crippen LogP contribution in [0, 0.1) is 6.92 Å². The molecule has 0 saturated carbocycles. The van der Waals surface area contributed by atoms with Crippen LogP contribution in [-0.4, -0.2) is 23.9 Å². The number of aromatic nitrogens is 2. The van der Waals surface area contributed by atoms with E-state index in [2.05, 4.69) is 14.7 Å². The minimum absolute atomic E-state index is 0.130. The average molecular weight is 526 g/mol. The van der Waals surface area contributed by atoms with Crippen molar-refractivity contribution in [3.05, 3.63) is 90.3 Å². The minimum Gasteiger partial charge on any atom is -0.256 e. The lowest BCUT2D eigenvalue weighted by Crippen LogP contribution is -2.40. The Morgan fingerprint density at radius 3 is 2.05 bits per heavy atom. The van der Waals surface area contributed by atoms with Gasteiger partial charge in [-0.05, 0) is 87.4 Å². The van der Waals surface area contributed by atoms with Crippen molar-refractivity contribution >= 4 is 10.0 Å². The highest BCUT2D eigenvalue weighted by atomic mass is 32.2. The van der Waals surface area contributed by atoms with Gasteiger partial charge in [0.2, 0.25) is 10.0 Å². The Labute approximate surface area is 214 Å². The van der Waals surface area contributed by atoms with E-state index < -0.39 is 27.3 Å². The van der Waals surface area contributed by atoms with Crippen molar-refractivity contribution in [2.75, 3.05) is 0 Å². The minimum atomic E-state index is -4.40. The molecule has 37 heavy (non-hydrogen) atoms. The number of sulfonamides is 1. The summed E-state index contributed by atoms with van der Waals surface area (Å²) in [5, 5.41) is 0. The number of nitrogens with zero attached hydrogens (tertiary/aromatic N) is 2. The Balaban J connectivity index is 1.70. The van der Waals surface area contributed by atoms with E-state index in [1.165, 1.54) is 18.2 Å². The fourth-order valence-corrected chi connectivity index (χ4v) is 5.33. The second-order valence-electron chi connectivity index (χ2n) is 9.77. The monoisotopic (exact) mass is 525 g/mol. The van der Waals surface area contributed by atoms with Gasteiger partial charge in [-0.2, -0.15) is 13.2 Å². The molecule has 0 bridgehead atoms. The van der Waals surface area contributed by atoms with Gasteiger partial charge in [0.25, 0.3) is 0 Å². The van der Waals surface area contributed by atoms with E-state index in [1.54, 1.807) is 57.3 Å². The van der Waals surface area contributed by atoms with Crippen LogP contribution in [0.2, 0.25) is 0 Å². The molecule has 0 radical (unpaired) electrons. The Morgan fingerprint density at radius 1 is 0.757 bits per heavy atom. The van der Waals surface area contributed by atoms with Crippen LogP contribution in [0.15, 0.2) is 83.9 Å². The molecule has 0 saturated heterocycles. The van der Waals surface area contributed by atoms with E-state index in [4.69, 9.17) is 0 Å². The largest absolute Gasteiger partial charge is 0.416 e. The molecule has 0 aliphatic heterocycles. The lowest BCUT2D eigenvalue weighted by molar-refractivity contribution is -0.137. The maximum atomic E-state index is 13.0. The molecule has 2 aromatic heterocycles. The number of alkyl halides is 3. The summed E-state index contributed by atoms with van der Waals surface area (Å²) in [5.41, 5.74) is 3.28. The molecule has 2 aromatic carbocycles. The molecule has 0 aliphatic carbocycles. The molecule has 0 amide bonds. The van der Waals surface area contributed by atoms with Crippen molar-refractivity contribution in [3.8, 4) is 33.6 Å². The highest BCUT2D eigenvalue weighted by Crippen LogP contribution is 2.33. The summed E-state index contributed by atoms with van der Waals surface area (Å²) in [6.45, 7) is 7.13. The van der Waals surface area contributed by atoms with E-state index in [-0.39, 0.29) is 4.90 Å². The Morgan fingerprint density at radius 2 is 1.41 bits per heavy atom. The van der Waals surface area contributed by atoms with Crippen LogP contribution in [-0.2, 0) is 16.2 Å². The van der Waals surface area contributed by atoms with Gasteiger partial charge in [-0.25, -0.2) is 13.1 Å². The van der Waals surface area contributed by atoms with Crippen molar-refractivity contribution in [2.24, 2.45) is 0 Å². The summed E-state index contributed by atoms with van der Waals surface area (Å²) in [7, 11) is -3.73. The van der Waals surface area contributed by atoms with Crippen LogP contribution in [0.1, 0.15) is 32.0 Å². The number of rotatable bonds is 5. The van der Waals surface area contributed by atoms with Gasteiger partial charge in [-0.3, -0.25) is 9.97 Å². The van der Waals surface area contributed by atoms with Gasteiger partial charge in [0.05, 0.1) is 21.8 Å². The van der Waals surface area contributed by atoms with Crippen molar-refractivity contribution in [3.63, 3.8) is 0 Å². The first-order chi connectivity index (χ1) is 17.2. The second kappa shape index (κ2) is 9.72. The highest BCUT2D eigenvalue weighted by molar-refractivity contribution is 7.89. The number of aryl methyl sites for hydroxylation is 1. The molecule has 5 nitrogen and oxygen atoms in total. The molecule has 1 N–H and O–H groups in total. The molecule has 9 heteroatoms. The van der Waals surface area contributed by atoms with Gasteiger partial charge in [-0.1, -0.05) is 24.3 Å². The summed E-state index contributed by atoms with van der Waals surface area (Å²) in [6.07, 6.45) is -2.79. The van der Waals surface area contributed by atoms with Crippen LogP contribution in [0.4, 0.5) is 13.2 Å². The third-order valence-corrected chi connectivity index (χ3v) is 7.19. The van der Waals surface area contributed by atoms with Gasteiger partial charge < -0.3 is 0 Å². The molecular weight excluding hydrogens is 499 g/mol. The van der Waals surface area contributed by atoms with E-state index in [1.807, 2.05) is 19.1 Å². The van der Waals surface area contributed by atoms with Gasteiger partial charge in [0, 0.05) is 28.6 Å². The van der Waals surface area contributed by atoms with Crippen molar-refractivity contribution < 1.29 is 21.6 Å². The van der Waals surface area contributed by atoms with Crippen LogP contribution in [0.5, 0.6) is 0 Å². The lowest BCUT2D eigenvalue weighted by Gasteiger charge is -2.20. The van der Waals surface area contributed by atoms with Crippen molar-refractivity contribution in [1.82, 2.24) is 14.7 Å². The first kappa shape index (κ1) is 26.5. The maximum Gasteiger partial charge on any atom is 0.416 e. The SMILES string of the molecule is Cc1cc(-c2ccc(C(F)(F)F)cc2)cc(-c2ccnc(-c3cccc(S(=O)(=O)NC(C)(C)C)c3)c2)n1. The Kier molecular flexibility index (Phi) is 6.96. The Hall–Kier alpha value is -3.56. The predicted molar refractivity (Wildman–Crippen MR) is 138 cm³/mol.